The Morgan fingerprint density at radius 2 is 1.86 bits per heavy atom. The lowest BCUT2D eigenvalue weighted by Crippen LogP contribution is -2.39. The van der Waals surface area contributed by atoms with E-state index < -0.39 is 27.9 Å². The summed E-state index contributed by atoms with van der Waals surface area (Å²) in [4.78, 5) is 2.19. The second-order valence-electron chi connectivity index (χ2n) is 9.60. The van der Waals surface area contributed by atoms with E-state index in [0.29, 0.717) is 29.8 Å². The first-order valence-electron chi connectivity index (χ1n) is 12.4. The fourth-order valence-electron chi connectivity index (χ4n) is 5.01. The van der Waals surface area contributed by atoms with Crippen LogP contribution in [0.1, 0.15) is 36.1 Å². The van der Waals surface area contributed by atoms with Crippen molar-refractivity contribution < 1.29 is 31.8 Å². The Kier molecular flexibility index (Phi) is 8.91. The fourth-order valence-corrected chi connectivity index (χ4v) is 6.66. The fraction of sp³-hybridized carbons (Fsp3) is 0.625. The average molecular weight is 563 g/mol. The predicted octanol–water partition coefficient (Wildman–Crippen LogP) is 2.82. The van der Waals surface area contributed by atoms with Gasteiger partial charge >= 0.3 is 6.18 Å². The smallest absolute Gasteiger partial charge is 0.396 e. The first kappa shape index (κ1) is 28.4. The number of fused-ring (bicyclic) bond motifs is 1. The third-order valence-corrected chi connectivity index (χ3v) is 9.06. The summed E-state index contributed by atoms with van der Waals surface area (Å²) in [5.74, 6) is 0.101. The van der Waals surface area contributed by atoms with Crippen molar-refractivity contribution >= 4 is 21.8 Å². The minimum Gasteiger partial charge on any atom is -0.396 e. The van der Waals surface area contributed by atoms with Gasteiger partial charge in [0.15, 0.2) is 0 Å². The molecule has 0 aliphatic carbocycles. The Bertz CT molecular complexity index is 1200. The van der Waals surface area contributed by atoms with Gasteiger partial charge < -0.3 is 15.1 Å². The molecular formula is C24H33F3N4O4S2. The normalized spacial score (nSPS) is 18.6. The molecule has 0 radical (unpaired) electrons. The zero-order valence-electron chi connectivity index (χ0n) is 20.7. The molecule has 0 amide bonds. The summed E-state index contributed by atoms with van der Waals surface area (Å²) >= 11 is 0.905. The Morgan fingerprint density at radius 3 is 2.51 bits per heavy atom. The monoisotopic (exact) mass is 562 g/mol. The van der Waals surface area contributed by atoms with Gasteiger partial charge in [0.25, 0.3) is 0 Å². The van der Waals surface area contributed by atoms with Crippen molar-refractivity contribution in [3.8, 4) is 11.3 Å². The molecule has 2 aliphatic heterocycles. The molecule has 2 aliphatic rings. The Morgan fingerprint density at radius 1 is 1.14 bits per heavy atom. The zero-order chi connectivity index (χ0) is 26.8. The summed E-state index contributed by atoms with van der Waals surface area (Å²) in [7, 11) is -3.49. The molecule has 4 rings (SSSR count). The van der Waals surface area contributed by atoms with Crippen LogP contribution >= 0.6 is 11.8 Å². The highest BCUT2D eigenvalue weighted by Gasteiger charge is 2.35. The molecule has 37 heavy (non-hydrogen) atoms. The Hall–Kier alpha value is -1.64. The van der Waals surface area contributed by atoms with E-state index in [1.807, 2.05) is 0 Å². The number of sulfonamides is 1. The summed E-state index contributed by atoms with van der Waals surface area (Å²) in [6.07, 6.45) is -0.345. The van der Waals surface area contributed by atoms with E-state index in [4.69, 9.17) is 10.2 Å². The van der Waals surface area contributed by atoms with Gasteiger partial charge in [-0.05, 0) is 38.1 Å². The van der Waals surface area contributed by atoms with E-state index in [0.717, 1.165) is 55.7 Å². The first-order valence-corrected chi connectivity index (χ1v) is 15.2. The van der Waals surface area contributed by atoms with Crippen molar-refractivity contribution in [3.05, 3.63) is 35.0 Å². The number of halogens is 3. The van der Waals surface area contributed by atoms with Gasteiger partial charge in [-0.1, -0.05) is 12.5 Å². The average Bonchev–Trinajstić information content (AvgIpc) is 3.19. The number of β-amino-alcohol motifs (C(OH)–C–C–N with tert-alkyl or cyclic N) is 1. The molecule has 3 heterocycles. The van der Waals surface area contributed by atoms with Gasteiger partial charge in [-0.3, -0.25) is 4.68 Å². The van der Waals surface area contributed by atoms with Crippen molar-refractivity contribution in [2.75, 3.05) is 44.8 Å². The molecule has 0 unspecified atom stereocenters. The van der Waals surface area contributed by atoms with Crippen molar-refractivity contribution in [1.29, 1.82) is 0 Å². The number of aliphatic hydroxyl groups is 2. The van der Waals surface area contributed by atoms with Crippen LogP contribution in [0.3, 0.4) is 0 Å². The van der Waals surface area contributed by atoms with Crippen molar-refractivity contribution in [3.63, 3.8) is 0 Å². The number of likely N-dealkylation sites (tertiary alicyclic amines) is 1. The molecule has 0 saturated carbocycles. The molecule has 1 atom stereocenters. The number of hydrogen-bond donors (Lipinski definition) is 2. The summed E-state index contributed by atoms with van der Waals surface area (Å²) < 4.78 is 68.4. The molecule has 1 saturated heterocycles. The van der Waals surface area contributed by atoms with E-state index >= 15 is 0 Å². The van der Waals surface area contributed by atoms with E-state index in [1.54, 1.807) is 4.68 Å². The van der Waals surface area contributed by atoms with Crippen LogP contribution < -0.4 is 0 Å². The predicted molar refractivity (Wildman–Crippen MR) is 136 cm³/mol. The van der Waals surface area contributed by atoms with Crippen molar-refractivity contribution in [2.24, 2.45) is 0 Å². The number of nitrogens with zero attached hydrogens (tertiary/aromatic N) is 4. The highest BCUT2D eigenvalue weighted by Crippen LogP contribution is 2.40. The van der Waals surface area contributed by atoms with Gasteiger partial charge in [0.2, 0.25) is 10.0 Å². The molecule has 1 fully saturated rings. The number of benzene rings is 1. The zero-order valence-corrected chi connectivity index (χ0v) is 22.4. The molecule has 206 valence electrons. The third-order valence-electron chi connectivity index (χ3n) is 6.78. The third kappa shape index (κ3) is 6.87. The number of alkyl halides is 3. The lowest BCUT2D eigenvalue weighted by Gasteiger charge is -2.29. The lowest BCUT2D eigenvalue weighted by molar-refractivity contribution is -0.139. The van der Waals surface area contributed by atoms with Crippen LogP contribution in [-0.4, -0.2) is 88.5 Å². The van der Waals surface area contributed by atoms with Crippen LogP contribution in [0, 0.1) is 0 Å². The molecule has 1 aromatic carbocycles. The topological polar surface area (TPSA) is 98.9 Å². The molecule has 2 N–H and O–H groups in total. The Balaban J connectivity index is 1.70. The molecule has 2 aromatic rings. The second kappa shape index (κ2) is 11.6. The minimum atomic E-state index is -4.55. The van der Waals surface area contributed by atoms with E-state index in [9.17, 15) is 26.7 Å². The van der Waals surface area contributed by atoms with Crippen LogP contribution in [-0.2, 0) is 35.7 Å². The van der Waals surface area contributed by atoms with Gasteiger partial charge in [-0.15, -0.1) is 11.8 Å². The number of rotatable bonds is 9. The first-order chi connectivity index (χ1) is 17.5. The van der Waals surface area contributed by atoms with Gasteiger partial charge in [0.1, 0.15) is 0 Å². The van der Waals surface area contributed by atoms with Gasteiger partial charge in [0.05, 0.1) is 36.8 Å². The second-order valence-corrected chi connectivity index (χ2v) is 12.7. The maximum absolute atomic E-state index is 13.6. The van der Waals surface area contributed by atoms with Crippen molar-refractivity contribution in [1.82, 2.24) is 19.0 Å². The highest BCUT2D eigenvalue weighted by molar-refractivity contribution is 7.99. The minimum absolute atomic E-state index is 0.0248. The molecular weight excluding hydrogens is 529 g/mol. The highest BCUT2D eigenvalue weighted by atomic mass is 32.2. The molecule has 0 bridgehead atoms. The van der Waals surface area contributed by atoms with Crippen LogP contribution in [0.25, 0.3) is 11.3 Å². The van der Waals surface area contributed by atoms with Gasteiger partial charge in [-0.2, -0.15) is 22.6 Å². The van der Waals surface area contributed by atoms with E-state index in [1.165, 1.54) is 22.9 Å². The molecule has 1 aromatic heterocycles. The standard InChI is InChI=1S/C24H33F3N4O4S2/c1-37(34,35)30-10-7-21-19(16-30)23(28-31(21)15-18(33)14-29-8-3-2-4-9-29)17-5-6-20(24(25,26)27)22(13-17)36-12-11-32/h5-6,13,18,32-33H,2-4,7-12,14-16H2,1H3/t18-/m0/s1. The molecule has 0 spiro atoms. The van der Waals surface area contributed by atoms with Crippen LogP contribution in [0.5, 0.6) is 0 Å². The Labute approximate surface area is 219 Å². The quantitative estimate of drug-likeness (QED) is 0.454. The number of piperidine rings is 1. The lowest BCUT2D eigenvalue weighted by atomic mass is 10.0. The summed E-state index contributed by atoms with van der Waals surface area (Å²) in [5.41, 5.74) is 1.48. The SMILES string of the molecule is CS(=O)(=O)N1CCc2c(c(-c3ccc(C(F)(F)F)c(SCCO)c3)nn2C[C@@H](O)CN2CCCCC2)C1. The number of hydrogen-bond acceptors (Lipinski definition) is 7. The van der Waals surface area contributed by atoms with Crippen LogP contribution in [0.15, 0.2) is 23.1 Å². The number of aliphatic hydroxyl groups excluding tert-OH is 2. The maximum atomic E-state index is 13.6. The van der Waals surface area contributed by atoms with E-state index in [-0.39, 0.29) is 36.9 Å². The summed E-state index contributed by atoms with van der Waals surface area (Å²) in [6, 6.07) is 3.75. The number of thioether (sulfide) groups is 1. The molecule has 13 heteroatoms. The summed E-state index contributed by atoms with van der Waals surface area (Å²) in [5, 5.41) is 24.7. The largest absolute Gasteiger partial charge is 0.417 e. The van der Waals surface area contributed by atoms with Crippen LogP contribution in [0.2, 0.25) is 0 Å². The van der Waals surface area contributed by atoms with E-state index in [2.05, 4.69) is 4.90 Å². The van der Waals surface area contributed by atoms with Crippen LogP contribution in [0.4, 0.5) is 13.2 Å². The van der Waals surface area contributed by atoms with Gasteiger partial charge in [0, 0.05) is 53.5 Å². The number of aromatic nitrogens is 2. The molecule has 8 nitrogen and oxygen atoms in total. The van der Waals surface area contributed by atoms with Crippen molar-refractivity contribution in [2.45, 2.75) is 55.9 Å². The van der Waals surface area contributed by atoms with Gasteiger partial charge in [-0.25, -0.2) is 8.42 Å². The maximum Gasteiger partial charge on any atom is 0.417 e. The summed E-state index contributed by atoms with van der Waals surface area (Å²) in [6.45, 7) is 2.64.